The summed E-state index contributed by atoms with van der Waals surface area (Å²) in [5.41, 5.74) is 0.550. The van der Waals surface area contributed by atoms with Crippen LogP contribution in [0, 0.1) is 0 Å². The zero-order valence-corrected chi connectivity index (χ0v) is 17.9. The van der Waals surface area contributed by atoms with Crippen molar-refractivity contribution in [1.82, 2.24) is 10.2 Å². The van der Waals surface area contributed by atoms with E-state index in [0.717, 1.165) is 0 Å². The Kier molecular flexibility index (Phi) is 7.70. The summed E-state index contributed by atoms with van der Waals surface area (Å²) >= 11 is 14.1. The number of amides is 2. The number of benzene rings is 2. The van der Waals surface area contributed by atoms with Gasteiger partial charge in [0, 0.05) is 5.69 Å². The molecule has 0 atom stereocenters. The lowest BCUT2D eigenvalue weighted by Gasteiger charge is -2.05. The van der Waals surface area contributed by atoms with Gasteiger partial charge < -0.3 is 10.1 Å². The molecule has 3 rings (SSSR count). The minimum atomic E-state index is -0.348. The molecule has 0 saturated heterocycles. The van der Waals surface area contributed by atoms with Gasteiger partial charge in [-0.25, -0.2) is 0 Å². The van der Waals surface area contributed by atoms with Crippen LogP contribution in [0.1, 0.15) is 0 Å². The second-order valence-electron chi connectivity index (χ2n) is 5.49. The average molecular weight is 469 g/mol. The maximum Gasteiger partial charge on any atom is 0.264 e. The van der Waals surface area contributed by atoms with E-state index in [1.807, 2.05) is 18.2 Å². The van der Waals surface area contributed by atoms with Crippen molar-refractivity contribution in [2.24, 2.45) is 0 Å². The Bertz CT molecular complexity index is 1000. The van der Waals surface area contributed by atoms with E-state index in [1.165, 1.54) is 23.1 Å². The smallest absolute Gasteiger partial charge is 0.264 e. The number of ether oxygens (including phenoxy) is 1. The van der Waals surface area contributed by atoms with Crippen LogP contribution in [0.25, 0.3) is 0 Å². The summed E-state index contributed by atoms with van der Waals surface area (Å²) in [6.45, 7) is -0.141. The molecule has 7 nitrogen and oxygen atoms in total. The number of nitrogens with one attached hydrogen (secondary N) is 2. The lowest BCUT2D eigenvalue weighted by molar-refractivity contribution is -0.118. The molecule has 0 aliphatic carbocycles. The SMILES string of the molecule is O=C(CSc1nnc(NC(=O)COc2ccccc2)s1)Nc1ccc(Cl)c(Cl)c1. The summed E-state index contributed by atoms with van der Waals surface area (Å²) in [4.78, 5) is 24.0. The van der Waals surface area contributed by atoms with Crippen LogP contribution in [0.5, 0.6) is 5.75 Å². The van der Waals surface area contributed by atoms with Crippen molar-refractivity contribution in [3.05, 3.63) is 58.6 Å². The van der Waals surface area contributed by atoms with Crippen LogP contribution in [0.15, 0.2) is 52.9 Å². The predicted octanol–water partition coefficient (Wildman–Crippen LogP) is 4.59. The second-order valence-corrected chi connectivity index (χ2v) is 8.50. The quantitative estimate of drug-likeness (QED) is 0.370. The first kappa shape index (κ1) is 21.4. The van der Waals surface area contributed by atoms with E-state index in [0.29, 0.717) is 31.0 Å². The number of carbonyl (C=O) groups is 2. The summed E-state index contributed by atoms with van der Waals surface area (Å²) in [7, 11) is 0. The van der Waals surface area contributed by atoms with Crippen LogP contribution in [-0.2, 0) is 9.59 Å². The van der Waals surface area contributed by atoms with Crippen molar-refractivity contribution in [3.8, 4) is 5.75 Å². The number of hydrogen-bond donors (Lipinski definition) is 2. The van der Waals surface area contributed by atoms with Crippen molar-refractivity contribution in [1.29, 1.82) is 0 Å². The largest absolute Gasteiger partial charge is 0.484 e. The number of thioether (sulfide) groups is 1. The van der Waals surface area contributed by atoms with Gasteiger partial charge in [0.1, 0.15) is 5.75 Å². The lowest BCUT2D eigenvalue weighted by atomic mass is 10.3. The monoisotopic (exact) mass is 468 g/mol. The fraction of sp³-hybridized carbons (Fsp3) is 0.111. The third-order valence-corrected chi connectivity index (χ3v) is 6.01. The van der Waals surface area contributed by atoms with Crippen LogP contribution >= 0.6 is 46.3 Å². The van der Waals surface area contributed by atoms with Crippen molar-refractivity contribution in [2.75, 3.05) is 23.0 Å². The van der Waals surface area contributed by atoms with Crippen LogP contribution in [-0.4, -0.2) is 34.4 Å². The first-order valence-electron chi connectivity index (χ1n) is 8.18. The van der Waals surface area contributed by atoms with Gasteiger partial charge in [-0.3, -0.25) is 14.9 Å². The number of aromatic nitrogens is 2. The molecule has 29 heavy (non-hydrogen) atoms. The van der Waals surface area contributed by atoms with Crippen molar-refractivity contribution < 1.29 is 14.3 Å². The van der Waals surface area contributed by atoms with Crippen molar-refractivity contribution >= 4 is 68.9 Å². The first-order chi connectivity index (χ1) is 14.0. The summed E-state index contributed by atoms with van der Waals surface area (Å²) < 4.78 is 5.92. The number of para-hydroxylation sites is 1. The molecule has 1 aromatic heterocycles. The molecule has 2 N–H and O–H groups in total. The highest BCUT2D eigenvalue weighted by Gasteiger charge is 2.11. The molecule has 150 valence electrons. The Morgan fingerprint density at radius 3 is 2.55 bits per heavy atom. The Hall–Kier alpha value is -2.33. The Morgan fingerprint density at radius 1 is 1.00 bits per heavy atom. The summed E-state index contributed by atoms with van der Waals surface area (Å²) in [6.07, 6.45) is 0. The molecule has 2 aromatic carbocycles. The molecule has 0 fully saturated rings. The average Bonchev–Trinajstić information content (AvgIpc) is 3.16. The minimum Gasteiger partial charge on any atom is -0.484 e. The molecule has 0 spiro atoms. The molecule has 3 aromatic rings. The standard InChI is InChI=1S/C18H14Cl2N4O3S2/c19-13-7-6-11(8-14(13)20)21-16(26)10-28-18-24-23-17(29-18)22-15(25)9-27-12-4-2-1-3-5-12/h1-8H,9-10H2,(H,21,26)(H,22,23,25). The molecule has 11 heteroatoms. The molecule has 0 aliphatic heterocycles. The van der Waals surface area contributed by atoms with E-state index in [2.05, 4.69) is 20.8 Å². The van der Waals surface area contributed by atoms with Crippen LogP contribution in [0.4, 0.5) is 10.8 Å². The number of carbonyl (C=O) groups excluding carboxylic acids is 2. The number of anilines is 2. The Morgan fingerprint density at radius 2 is 1.79 bits per heavy atom. The summed E-state index contributed by atoms with van der Waals surface area (Å²) in [5, 5.41) is 14.3. The van der Waals surface area contributed by atoms with E-state index < -0.39 is 0 Å². The zero-order valence-electron chi connectivity index (χ0n) is 14.7. The predicted molar refractivity (Wildman–Crippen MR) is 116 cm³/mol. The van der Waals surface area contributed by atoms with Crippen LogP contribution in [0.3, 0.4) is 0 Å². The highest BCUT2D eigenvalue weighted by Crippen LogP contribution is 2.27. The maximum absolute atomic E-state index is 12.0. The maximum atomic E-state index is 12.0. The molecule has 1 heterocycles. The molecule has 0 saturated carbocycles. The number of halogens is 2. The number of rotatable bonds is 8. The number of hydrogen-bond acceptors (Lipinski definition) is 7. The van der Waals surface area contributed by atoms with Gasteiger partial charge in [-0.15, -0.1) is 10.2 Å². The van der Waals surface area contributed by atoms with E-state index in [1.54, 1.807) is 30.3 Å². The second kappa shape index (κ2) is 10.4. The molecular weight excluding hydrogens is 455 g/mol. The van der Waals surface area contributed by atoms with E-state index >= 15 is 0 Å². The van der Waals surface area contributed by atoms with E-state index in [9.17, 15) is 9.59 Å². The summed E-state index contributed by atoms with van der Waals surface area (Å²) in [6, 6.07) is 13.9. The highest BCUT2D eigenvalue weighted by molar-refractivity contribution is 8.01. The number of nitrogens with zero attached hydrogens (tertiary/aromatic N) is 2. The van der Waals surface area contributed by atoms with Gasteiger partial charge in [0.15, 0.2) is 10.9 Å². The summed E-state index contributed by atoms with van der Waals surface area (Å²) in [5.74, 6) is 0.147. The fourth-order valence-corrected chi connectivity index (χ4v) is 3.90. The van der Waals surface area contributed by atoms with Crippen molar-refractivity contribution in [2.45, 2.75) is 4.34 Å². The molecule has 2 amide bonds. The third kappa shape index (κ3) is 6.90. The van der Waals surface area contributed by atoms with Gasteiger partial charge in [-0.1, -0.05) is 64.5 Å². The van der Waals surface area contributed by atoms with Gasteiger partial charge in [0.05, 0.1) is 15.8 Å². The minimum absolute atomic E-state index is 0.125. The van der Waals surface area contributed by atoms with Gasteiger partial charge in [-0.2, -0.15) is 0 Å². The topological polar surface area (TPSA) is 93.2 Å². The van der Waals surface area contributed by atoms with Crippen molar-refractivity contribution in [3.63, 3.8) is 0 Å². The first-order valence-corrected chi connectivity index (χ1v) is 10.7. The molecule has 0 unspecified atom stereocenters. The van der Waals surface area contributed by atoms with Gasteiger partial charge in [-0.05, 0) is 30.3 Å². The van der Waals surface area contributed by atoms with Gasteiger partial charge >= 0.3 is 0 Å². The highest BCUT2D eigenvalue weighted by atomic mass is 35.5. The normalized spacial score (nSPS) is 10.4. The van der Waals surface area contributed by atoms with Crippen LogP contribution < -0.4 is 15.4 Å². The Labute approximate surface area is 184 Å². The zero-order chi connectivity index (χ0) is 20.6. The van der Waals surface area contributed by atoms with E-state index in [-0.39, 0.29) is 24.2 Å². The van der Waals surface area contributed by atoms with Gasteiger partial charge in [0.25, 0.3) is 5.91 Å². The molecule has 0 aliphatic rings. The Balaban J connectivity index is 1.43. The molecule has 0 radical (unpaired) electrons. The fourth-order valence-electron chi connectivity index (χ4n) is 2.04. The third-order valence-electron chi connectivity index (χ3n) is 3.30. The van der Waals surface area contributed by atoms with Crippen LogP contribution in [0.2, 0.25) is 10.0 Å². The lowest BCUT2D eigenvalue weighted by Crippen LogP contribution is -2.20. The van der Waals surface area contributed by atoms with Gasteiger partial charge in [0.2, 0.25) is 11.0 Å². The molecular formula is C18H14Cl2N4O3S2. The molecule has 0 bridgehead atoms. The van der Waals surface area contributed by atoms with E-state index in [4.69, 9.17) is 27.9 Å².